The van der Waals surface area contributed by atoms with Gasteiger partial charge in [-0.1, -0.05) is 6.07 Å². The van der Waals surface area contributed by atoms with Gasteiger partial charge in [0, 0.05) is 42.7 Å². The predicted molar refractivity (Wildman–Crippen MR) is 127 cm³/mol. The number of alkyl halides is 2. The maximum Gasteiger partial charge on any atom is 0.257 e. The predicted octanol–water partition coefficient (Wildman–Crippen LogP) is 3.69. The molecule has 0 unspecified atom stereocenters. The Balaban J connectivity index is 1.63. The van der Waals surface area contributed by atoms with Crippen LogP contribution in [-0.4, -0.2) is 47.9 Å². The molecule has 0 radical (unpaired) electrons. The topological polar surface area (TPSA) is 111 Å². The third-order valence-corrected chi connectivity index (χ3v) is 6.17. The number of fused-ring (bicyclic) bond motifs is 2. The number of amides is 1. The van der Waals surface area contributed by atoms with Gasteiger partial charge < -0.3 is 9.88 Å². The van der Waals surface area contributed by atoms with Crippen LogP contribution in [0.4, 0.5) is 14.5 Å². The first-order chi connectivity index (χ1) is 16.6. The minimum atomic E-state index is -2.97. The van der Waals surface area contributed by atoms with Crippen LogP contribution >= 0.6 is 0 Å². The average Bonchev–Trinajstić information content (AvgIpc) is 3.32. The molecule has 0 bridgehead atoms. The maximum absolute atomic E-state index is 13.6. The minimum Gasteiger partial charge on any atom is -0.324 e. The van der Waals surface area contributed by atoms with Crippen LogP contribution in [0.3, 0.4) is 0 Å². The largest absolute Gasteiger partial charge is 0.324 e. The highest BCUT2D eigenvalue weighted by atomic mass is 19.3. The van der Waals surface area contributed by atoms with Gasteiger partial charge in [-0.2, -0.15) is 0 Å². The molecule has 3 aromatic heterocycles. The molecule has 2 N–H and O–H groups in total. The number of imidazole rings is 1. The number of anilines is 1. The van der Waals surface area contributed by atoms with Crippen LogP contribution in [0.2, 0.25) is 0 Å². The quantitative estimate of drug-likeness (QED) is 0.435. The van der Waals surface area contributed by atoms with E-state index in [0.29, 0.717) is 51.9 Å². The van der Waals surface area contributed by atoms with Crippen molar-refractivity contribution in [2.24, 2.45) is 0 Å². The van der Waals surface area contributed by atoms with Gasteiger partial charge in [-0.15, -0.1) is 0 Å². The lowest BCUT2D eigenvalue weighted by Crippen LogP contribution is -2.49. The summed E-state index contributed by atoms with van der Waals surface area (Å²) in [5.74, 6) is -2.03. The van der Waals surface area contributed by atoms with Gasteiger partial charge in [-0.05, 0) is 32.9 Å². The van der Waals surface area contributed by atoms with Crippen molar-refractivity contribution in [1.29, 1.82) is 0 Å². The van der Waals surface area contributed by atoms with Crippen LogP contribution in [0.5, 0.6) is 0 Å². The second-order valence-electron chi connectivity index (χ2n) is 8.86. The number of benzene rings is 1. The summed E-state index contributed by atoms with van der Waals surface area (Å²) >= 11 is 0. The molecule has 5 rings (SSSR count). The Morgan fingerprint density at radius 3 is 2.57 bits per heavy atom. The number of hydrogen-bond acceptors (Lipinski definition) is 7. The van der Waals surface area contributed by atoms with Gasteiger partial charge in [-0.3, -0.25) is 10.1 Å². The summed E-state index contributed by atoms with van der Waals surface area (Å²) in [7, 11) is 0. The van der Waals surface area contributed by atoms with E-state index in [4.69, 9.17) is 4.98 Å². The monoisotopic (exact) mass is 478 g/mol. The molecule has 0 saturated carbocycles. The summed E-state index contributed by atoms with van der Waals surface area (Å²) < 4.78 is 29.1. The first-order valence-corrected chi connectivity index (χ1v) is 11.2. The van der Waals surface area contributed by atoms with E-state index in [2.05, 4.69) is 30.6 Å². The van der Waals surface area contributed by atoms with Gasteiger partial charge in [0.15, 0.2) is 5.65 Å². The van der Waals surface area contributed by atoms with Crippen molar-refractivity contribution in [1.82, 2.24) is 34.8 Å². The van der Waals surface area contributed by atoms with E-state index in [0.717, 1.165) is 12.5 Å². The van der Waals surface area contributed by atoms with E-state index < -0.39 is 23.9 Å². The van der Waals surface area contributed by atoms with Crippen LogP contribution in [0, 0.1) is 6.92 Å². The molecule has 1 aliphatic rings. The van der Waals surface area contributed by atoms with Crippen molar-refractivity contribution in [3.05, 3.63) is 48.3 Å². The summed E-state index contributed by atoms with van der Waals surface area (Å²) in [6.45, 7) is 6.20. The Kier molecular flexibility index (Phi) is 5.32. The number of hydrogen-bond donors (Lipinski definition) is 2. The highest BCUT2D eigenvalue weighted by molar-refractivity contribution is 6.06. The number of nitrogens with zero attached hydrogens (tertiary/aromatic N) is 6. The highest BCUT2D eigenvalue weighted by Crippen LogP contribution is 2.39. The standard InChI is InChI=1S/C24H24F2N8O/c1-5-34-20(15-9-27-13(2)28-10-15)33-19-18(29-12-30-21(19)34)14-6-7-17-16(8-14)24(4,22(35)32-17)31-11-23(3,25)26/h6-10,12,31H,5,11H2,1-4H3,(H,32,35)/t24-/m1/s1. The second-order valence-corrected chi connectivity index (χ2v) is 8.86. The van der Waals surface area contributed by atoms with Crippen LogP contribution < -0.4 is 10.6 Å². The third kappa shape index (κ3) is 3.91. The molecule has 1 aromatic carbocycles. The molecule has 0 fully saturated rings. The Morgan fingerprint density at radius 2 is 1.89 bits per heavy atom. The van der Waals surface area contributed by atoms with Gasteiger partial charge in [0.25, 0.3) is 5.92 Å². The third-order valence-electron chi connectivity index (χ3n) is 6.17. The number of nitrogens with one attached hydrogen (secondary N) is 2. The molecule has 1 amide bonds. The molecular weight excluding hydrogens is 454 g/mol. The smallest absolute Gasteiger partial charge is 0.257 e. The van der Waals surface area contributed by atoms with Crippen molar-refractivity contribution in [3.8, 4) is 22.6 Å². The molecule has 0 aliphatic carbocycles. The summed E-state index contributed by atoms with van der Waals surface area (Å²) in [6.07, 6.45) is 4.90. The molecule has 9 nitrogen and oxygen atoms in total. The van der Waals surface area contributed by atoms with E-state index >= 15 is 0 Å². The fourth-order valence-corrected chi connectivity index (χ4v) is 4.27. The Bertz CT molecular complexity index is 1440. The van der Waals surface area contributed by atoms with Crippen LogP contribution in [0.25, 0.3) is 33.8 Å². The number of carbonyl (C=O) groups is 1. The lowest BCUT2D eigenvalue weighted by molar-refractivity contribution is -0.122. The molecule has 4 aromatic rings. The lowest BCUT2D eigenvalue weighted by Gasteiger charge is -2.26. The van der Waals surface area contributed by atoms with Gasteiger partial charge in [0.05, 0.1) is 12.1 Å². The Labute approximate surface area is 200 Å². The van der Waals surface area contributed by atoms with Crippen molar-refractivity contribution < 1.29 is 13.6 Å². The average molecular weight is 479 g/mol. The molecule has 35 heavy (non-hydrogen) atoms. The molecule has 1 atom stereocenters. The molecule has 4 heterocycles. The summed E-state index contributed by atoms with van der Waals surface area (Å²) in [5.41, 5.74) is 3.06. The highest BCUT2D eigenvalue weighted by Gasteiger charge is 2.44. The second kappa shape index (κ2) is 8.12. The van der Waals surface area contributed by atoms with E-state index in [9.17, 15) is 13.6 Å². The number of carbonyl (C=O) groups excluding carboxylic acids is 1. The Morgan fingerprint density at radius 1 is 1.14 bits per heavy atom. The summed E-state index contributed by atoms with van der Waals surface area (Å²) in [5, 5.41) is 5.52. The minimum absolute atomic E-state index is 0.390. The maximum atomic E-state index is 13.6. The van der Waals surface area contributed by atoms with Crippen molar-refractivity contribution >= 4 is 22.8 Å². The zero-order valence-corrected chi connectivity index (χ0v) is 19.7. The number of halogens is 2. The molecule has 0 saturated heterocycles. The van der Waals surface area contributed by atoms with Gasteiger partial charge in [0.1, 0.15) is 34.7 Å². The van der Waals surface area contributed by atoms with Crippen molar-refractivity contribution in [3.63, 3.8) is 0 Å². The van der Waals surface area contributed by atoms with Crippen molar-refractivity contribution in [2.45, 2.75) is 45.7 Å². The van der Waals surface area contributed by atoms with E-state index in [1.54, 1.807) is 31.5 Å². The number of aryl methyl sites for hydroxylation is 2. The molecular formula is C24H24F2N8O. The summed E-state index contributed by atoms with van der Waals surface area (Å²) in [6, 6.07) is 5.36. The fraction of sp³-hybridized carbons (Fsp3) is 0.333. The van der Waals surface area contributed by atoms with Gasteiger partial charge in [0.2, 0.25) is 5.91 Å². The molecule has 0 spiro atoms. The van der Waals surface area contributed by atoms with Crippen LogP contribution in [-0.2, 0) is 16.9 Å². The molecule has 1 aliphatic heterocycles. The first kappa shape index (κ1) is 22.9. The molecule has 11 heteroatoms. The number of aromatic nitrogens is 6. The normalized spacial score (nSPS) is 17.6. The van der Waals surface area contributed by atoms with Crippen molar-refractivity contribution in [2.75, 3.05) is 11.9 Å². The van der Waals surface area contributed by atoms with Crippen LogP contribution in [0.1, 0.15) is 32.2 Å². The fourth-order valence-electron chi connectivity index (χ4n) is 4.27. The molecule has 180 valence electrons. The van der Waals surface area contributed by atoms with E-state index in [-0.39, 0.29) is 0 Å². The van der Waals surface area contributed by atoms with Gasteiger partial charge in [-0.25, -0.2) is 33.7 Å². The lowest BCUT2D eigenvalue weighted by atomic mass is 9.91. The van der Waals surface area contributed by atoms with E-state index in [1.165, 1.54) is 6.33 Å². The summed E-state index contributed by atoms with van der Waals surface area (Å²) in [4.78, 5) is 35.1. The zero-order valence-electron chi connectivity index (χ0n) is 19.7. The zero-order chi connectivity index (χ0) is 25.0. The van der Waals surface area contributed by atoms with Gasteiger partial charge >= 0.3 is 0 Å². The Hall–Kier alpha value is -3.86. The van der Waals surface area contributed by atoms with E-state index in [1.807, 2.05) is 24.5 Å². The first-order valence-electron chi connectivity index (χ1n) is 11.2. The SMILES string of the molecule is CCn1c(-c2cnc(C)nc2)nc2c(-c3ccc4c(c3)[C@@](C)(NCC(C)(F)F)C(=O)N4)ncnc21. The van der Waals surface area contributed by atoms with Crippen LogP contribution in [0.15, 0.2) is 36.9 Å². The number of rotatable bonds is 6.